The minimum atomic E-state index is -0.818. The van der Waals surface area contributed by atoms with E-state index in [0.29, 0.717) is 6.54 Å². The molecule has 0 spiro atoms. The van der Waals surface area contributed by atoms with Gasteiger partial charge in [0, 0.05) is 31.2 Å². The molecule has 5 rings (SSSR count). The van der Waals surface area contributed by atoms with Gasteiger partial charge in [0.05, 0.1) is 12.6 Å². The van der Waals surface area contributed by atoms with E-state index in [0.717, 1.165) is 29.9 Å². The number of carbonyl (C=O) groups excluding carboxylic acids is 1. The second kappa shape index (κ2) is 12.2. The first-order valence-electron chi connectivity index (χ1n) is 13.8. The predicted molar refractivity (Wildman–Crippen MR) is 157 cm³/mol. The Morgan fingerprint density at radius 3 is 1.95 bits per heavy atom. The number of fused-ring (bicyclic) bond motifs is 3. The average Bonchev–Trinajstić information content (AvgIpc) is 3.31. The van der Waals surface area contributed by atoms with Crippen molar-refractivity contribution in [2.45, 2.75) is 32.4 Å². The molecule has 1 atom stereocenters. The van der Waals surface area contributed by atoms with E-state index >= 15 is 0 Å². The van der Waals surface area contributed by atoms with Crippen molar-refractivity contribution in [3.8, 4) is 11.1 Å². The van der Waals surface area contributed by atoms with Crippen LogP contribution in [0.5, 0.6) is 0 Å². The minimum Gasteiger partial charge on any atom is -0.448 e. The molecule has 1 N–H and O–H groups in total. The maximum absolute atomic E-state index is 13.5. The Morgan fingerprint density at radius 1 is 0.795 bits per heavy atom. The molecule has 1 unspecified atom stereocenters. The van der Waals surface area contributed by atoms with Crippen LogP contribution in [0.15, 0.2) is 103 Å². The molecule has 0 radical (unpaired) electrons. The Balaban J connectivity index is 1.34. The van der Waals surface area contributed by atoms with Crippen LogP contribution in [0.1, 0.15) is 48.1 Å². The van der Waals surface area contributed by atoms with E-state index in [9.17, 15) is 9.90 Å². The predicted octanol–water partition coefficient (Wildman–Crippen LogP) is 7.02. The van der Waals surface area contributed by atoms with Crippen LogP contribution in [0.4, 0.5) is 10.5 Å². The van der Waals surface area contributed by atoms with Crippen LogP contribution in [0.2, 0.25) is 0 Å². The summed E-state index contributed by atoms with van der Waals surface area (Å²) in [6.07, 6.45) is -1.25. The minimum absolute atomic E-state index is 0.0180. The summed E-state index contributed by atoms with van der Waals surface area (Å²) in [6.45, 7) is 6.88. The first-order chi connectivity index (χ1) is 19.1. The van der Waals surface area contributed by atoms with Crippen molar-refractivity contribution >= 4 is 11.8 Å². The third-order valence-electron chi connectivity index (χ3n) is 7.61. The summed E-state index contributed by atoms with van der Waals surface area (Å²) in [5, 5.41) is 11.0. The number of amides is 1. The fourth-order valence-electron chi connectivity index (χ4n) is 5.50. The number of hydrogen-bond donors (Lipinski definition) is 1. The number of carbonyl (C=O) groups is 1. The molecule has 0 saturated heterocycles. The lowest BCUT2D eigenvalue weighted by molar-refractivity contribution is 0.0682. The molecule has 0 fully saturated rings. The van der Waals surface area contributed by atoms with Gasteiger partial charge >= 0.3 is 6.09 Å². The van der Waals surface area contributed by atoms with Crippen molar-refractivity contribution in [2.24, 2.45) is 0 Å². The SMILES string of the molecule is CCN(CC)c1ccc(CN(CC(O)c2ccccc2)C(=O)OCC2c3ccccc3-c3ccccc32)cc1. The number of hydrogen-bond acceptors (Lipinski definition) is 4. The monoisotopic (exact) mass is 520 g/mol. The highest BCUT2D eigenvalue weighted by atomic mass is 16.6. The number of aliphatic hydroxyl groups is 1. The zero-order valence-electron chi connectivity index (χ0n) is 22.7. The number of ether oxygens (including phenoxy) is 1. The van der Waals surface area contributed by atoms with Gasteiger partial charge in [-0.25, -0.2) is 4.79 Å². The maximum atomic E-state index is 13.5. The van der Waals surface area contributed by atoms with E-state index in [4.69, 9.17) is 4.74 Å². The fraction of sp³-hybridized carbons (Fsp3) is 0.265. The third-order valence-corrected chi connectivity index (χ3v) is 7.61. The summed E-state index contributed by atoms with van der Waals surface area (Å²) < 4.78 is 5.98. The van der Waals surface area contributed by atoms with Crippen LogP contribution < -0.4 is 4.90 Å². The highest BCUT2D eigenvalue weighted by molar-refractivity contribution is 5.79. The number of aliphatic hydroxyl groups excluding tert-OH is 1. The Labute approximate surface area is 231 Å². The summed E-state index contributed by atoms with van der Waals surface area (Å²) in [6, 6.07) is 34.3. The molecule has 1 amide bonds. The molecule has 39 heavy (non-hydrogen) atoms. The molecule has 1 aliphatic rings. The van der Waals surface area contributed by atoms with Gasteiger partial charge in [-0.05, 0) is 59.4 Å². The lowest BCUT2D eigenvalue weighted by Gasteiger charge is -2.26. The smallest absolute Gasteiger partial charge is 0.410 e. The van der Waals surface area contributed by atoms with E-state index in [2.05, 4.69) is 55.1 Å². The van der Waals surface area contributed by atoms with Crippen molar-refractivity contribution in [3.63, 3.8) is 0 Å². The Morgan fingerprint density at radius 2 is 1.36 bits per heavy atom. The normalized spacial score (nSPS) is 12.9. The molecule has 0 saturated carbocycles. The molecule has 200 valence electrons. The molecule has 1 aliphatic carbocycles. The topological polar surface area (TPSA) is 53.0 Å². The lowest BCUT2D eigenvalue weighted by Crippen LogP contribution is -2.35. The highest BCUT2D eigenvalue weighted by Gasteiger charge is 2.30. The van der Waals surface area contributed by atoms with Crippen LogP contribution in [0.25, 0.3) is 11.1 Å². The van der Waals surface area contributed by atoms with Gasteiger partial charge in [0.1, 0.15) is 6.61 Å². The maximum Gasteiger partial charge on any atom is 0.410 e. The molecule has 0 heterocycles. The first kappa shape index (κ1) is 26.5. The third kappa shape index (κ3) is 5.84. The van der Waals surface area contributed by atoms with Crippen molar-refractivity contribution in [2.75, 3.05) is 31.1 Å². The number of benzene rings is 4. The summed E-state index contributed by atoms with van der Waals surface area (Å²) in [7, 11) is 0. The second-order valence-corrected chi connectivity index (χ2v) is 9.95. The molecule has 5 heteroatoms. The summed E-state index contributed by atoms with van der Waals surface area (Å²) >= 11 is 0. The Kier molecular flexibility index (Phi) is 8.28. The first-order valence-corrected chi connectivity index (χ1v) is 13.8. The molecular weight excluding hydrogens is 484 g/mol. The number of nitrogens with zero attached hydrogens (tertiary/aromatic N) is 2. The van der Waals surface area contributed by atoms with Crippen molar-refractivity contribution in [1.29, 1.82) is 0 Å². The van der Waals surface area contributed by atoms with Gasteiger partial charge < -0.3 is 19.6 Å². The van der Waals surface area contributed by atoms with Crippen LogP contribution in [0, 0.1) is 0 Å². The van der Waals surface area contributed by atoms with Gasteiger partial charge in [0.15, 0.2) is 0 Å². The summed E-state index contributed by atoms with van der Waals surface area (Å²) in [5.74, 6) is -0.0180. The summed E-state index contributed by atoms with van der Waals surface area (Å²) in [5.41, 5.74) is 7.65. The molecule has 0 aromatic heterocycles. The zero-order chi connectivity index (χ0) is 27.2. The molecule has 4 aromatic rings. The zero-order valence-corrected chi connectivity index (χ0v) is 22.7. The summed E-state index contributed by atoms with van der Waals surface area (Å²) in [4.78, 5) is 17.4. The number of rotatable bonds is 10. The number of anilines is 1. The molecule has 0 bridgehead atoms. The van der Waals surface area contributed by atoms with Crippen LogP contribution in [-0.4, -0.2) is 42.3 Å². The molecule has 5 nitrogen and oxygen atoms in total. The van der Waals surface area contributed by atoms with E-state index in [1.54, 1.807) is 4.90 Å². The largest absolute Gasteiger partial charge is 0.448 e. The van der Waals surface area contributed by atoms with Crippen LogP contribution >= 0.6 is 0 Å². The highest BCUT2D eigenvalue weighted by Crippen LogP contribution is 2.44. The van der Waals surface area contributed by atoms with Crippen LogP contribution in [0.3, 0.4) is 0 Å². The quantitative estimate of drug-likeness (QED) is 0.244. The van der Waals surface area contributed by atoms with E-state index < -0.39 is 12.2 Å². The van der Waals surface area contributed by atoms with Crippen molar-refractivity contribution < 1.29 is 14.6 Å². The second-order valence-electron chi connectivity index (χ2n) is 9.95. The standard InChI is InChI=1S/C34H36N2O3/c1-3-35(4-2)27-20-18-25(19-21-27)22-36(23-33(37)26-12-6-5-7-13-26)34(38)39-24-32-30-16-10-8-14-28(30)29-15-9-11-17-31(29)32/h5-21,32-33,37H,3-4,22-24H2,1-2H3. The van der Waals surface area contributed by atoms with Gasteiger partial charge in [-0.1, -0.05) is 91.0 Å². The lowest BCUT2D eigenvalue weighted by atomic mass is 9.98. The van der Waals surface area contributed by atoms with Crippen molar-refractivity contribution in [3.05, 3.63) is 125 Å². The van der Waals surface area contributed by atoms with E-state index in [-0.39, 0.29) is 19.1 Å². The van der Waals surface area contributed by atoms with Gasteiger partial charge in [-0.2, -0.15) is 0 Å². The fourth-order valence-corrected chi connectivity index (χ4v) is 5.50. The van der Waals surface area contributed by atoms with Gasteiger partial charge in [-0.15, -0.1) is 0 Å². The molecule has 0 aliphatic heterocycles. The Bertz CT molecular complexity index is 1340. The molecular formula is C34H36N2O3. The molecule has 4 aromatic carbocycles. The van der Waals surface area contributed by atoms with Gasteiger partial charge in [0.2, 0.25) is 0 Å². The van der Waals surface area contributed by atoms with Gasteiger partial charge in [0.25, 0.3) is 0 Å². The average molecular weight is 521 g/mol. The van der Waals surface area contributed by atoms with E-state index in [1.807, 2.05) is 66.7 Å². The van der Waals surface area contributed by atoms with Gasteiger partial charge in [-0.3, -0.25) is 0 Å². The van der Waals surface area contributed by atoms with Crippen LogP contribution in [-0.2, 0) is 11.3 Å². The van der Waals surface area contributed by atoms with Crippen molar-refractivity contribution in [1.82, 2.24) is 4.90 Å². The van der Waals surface area contributed by atoms with E-state index in [1.165, 1.54) is 22.3 Å². The Hall–Kier alpha value is -4.09.